The van der Waals surface area contributed by atoms with Crippen LogP contribution in [0.15, 0.2) is 24.3 Å². The van der Waals surface area contributed by atoms with E-state index >= 15 is 0 Å². The molecule has 4 nitrogen and oxygen atoms in total. The molecule has 1 aromatic rings. The molecule has 19 heavy (non-hydrogen) atoms. The monoisotopic (exact) mass is 262 g/mol. The van der Waals surface area contributed by atoms with E-state index in [1.54, 1.807) is 0 Å². The summed E-state index contributed by atoms with van der Waals surface area (Å²) in [6, 6.07) is 7.80. The summed E-state index contributed by atoms with van der Waals surface area (Å²) >= 11 is 0. The van der Waals surface area contributed by atoms with Crippen molar-refractivity contribution in [1.82, 2.24) is 4.90 Å². The van der Waals surface area contributed by atoms with Gasteiger partial charge in [-0.1, -0.05) is 0 Å². The molecule has 1 aliphatic rings. The van der Waals surface area contributed by atoms with E-state index in [0.717, 1.165) is 37.1 Å². The molecule has 0 heterocycles. The number of amides is 1. The number of carbonyl (C=O) groups is 1. The molecule has 1 aliphatic carbocycles. The Morgan fingerprint density at radius 1 is 1.37 bits per heavy atom. The standard InChI is InChI=1S/C15H22N2O2/c1-2-19-14-8-4-12(5-9-14)15(18)17(11-3-10-16)13-6-7-13/h4-5,8-9,13H,2-3,6-7,10-11,16H2,1H3. The molecule has 0 aliphatic heterocycles. The van der Waals surface area contributed by atoms with E-state index in [2.05, 4.69) is 0 Å². The Morgan fingerprint density at radius 3 is 2.58 bits per heavy atom. The molecule has 1 amide bonds. The molecule has 4 heteroatoms. The third-order valence-corrected chi connectivity index (χ3v) is 3.26. The molecule has 0 saturated heterocycles. The van der Waals surface area contributed by atoms with Crippen LogP contribution in [0, 0.1) is 0 Å². The van der Waals surface area contributed by atoms with Crippen LogP contribution in [0.1, 0.15) is 36.5 Å². The summed E-state index contributed by atoms with van der Waals surface area (Å²) in [5, 5.41) is 0. The zero-order valence-electron chi connectivity index (χ0n) is 11.5. The molecule has 0 spiro atoms. The Morgan fingerprint density at radius 2 is 2.05 bits per heavy atom. The summed E-state index contributed by atoms with van der Waals surface area (Å²) in [5.41, 5.74) is 6.26. The summed E-state index contributed by atoms with van der Waals surface area (Å²) in [6.07, 6.45) is 3.10. The van der Waals surface area contributed by atoms with Crippen molar-refractivity contribution in [1.29, 1.82) is 0 Å². The van der Waals surface area contributed by atoms with Crippen LogP contribution in [-0.4, -0.2) is 36.5 Å². The van der Waals surface area contributed by atoms with E-state index in [-0.39, 0.29) is 5.91 Å². The van der Waals surface area contributed by atoms with E-state index in [4.69, 9.17) is 10.5 Å². The molecule has 1 saturated carbocycles. The lowest BCUT2D eigenvalue weighted by Crippen LogP contribution is -2.34. The molecule has 0 aromatic heterocycles. The van der Waals surface area contributed by atoms with Gasteiger partial charge in [0.15, 0.2) is 0 Å². The number of hydrogen-bond donors (Lipinski definition) is 1. The number of benzene rings is 1. The number of nitrogens with two attached hydrogens (primary N) is 1. The van der Waals surface area contributed by atoms with Crippen LogP contribution in [0.2, 0.25) is 0 Å². The minimum Gasteiger partial charge on any atom is -0.494 e. The van der Waals surface area contributed by atoms with Gasteiger partial charge in [-0.05, 0) is 57.0 Å². The first kappa shape index (κ1) is 13.9. The molecule has 2 rings (SSSR count). The maximum Gasteiger partial charge on any atom is 0.254 e. The maximum atomic E-state index is 12.4. The van der Waals surface area contributed by atoms with Gasteiger partial charge >= 0.3 is 0 Å². The third-order valence-electron chi connectivity index (χ3n) is 3.26. The minimum atomic E-state index is 0.110. The second-order valence-electron chi connectivity index (χ2n) is 4.83. The second-order valence-corrected chi connectivity index (χ2v) is 4.83. The first-order valence-electron chi connectivity index (χ1n) is 7.00. The van der Waals surface area contributed by atoms with Gasteiger partial charge < -0.3 is 15.4 Å². The molecule has 0 atom stereocenters. The van der Waals surface area contributed by atoms with Gasteiger partial charge in [0.1, 0.15) is 5.75 Å². The summed E-state index contributed by atoms with van der Waals surface area (Å²) in [5.74, 6) is 0.915. The highest BCUT2D eigenvalue weighted by atomic mass is 16.5. The van der Waals surface area contributed by atoms with E-state index in [0.29, 0.717) is 19.2 Å². The lowest BCUT2D eigenvalue weighted by molar-refractivity contribution is 0.0742. The molecule has 104 valence electrons. The summed E-state index contributed by atoms with van der Waals surface area (Å²) in [7, 11) is 0. The fraction of sp³-hybridized carbons (Fsp3) is 0.533. The molecule has 1 aromatic carbocycles. The van der Waals surface area contributed by atoms with Crippen molar-refractivity contribution in [3.8, 4) is 5.75 Å². The van der Waals surface area contributed by atoms with Crippen molar-refractivity contribution >= 4 is 5.91 Å². The minimum absolute atomic E-state index is 0.110. The third kappa shape index (κ3) is 3.70. The van der Waals surface area contributed by atoms with Crippen molar-refractivity contribution in [2.75, 3.05) is 19.7 Å². The zero-order valence-corrected chi connectivity index (χ0v) is 11.5. The number of nitrogens with zero attached hydrogens (tertiary/aromatic N) is 1. The Bertz CT molecular complexity index is 413. The fourth-order valence-electron chi connectivity index (χ4n) is 2.12. The van der Waals surface area contributed by atoms with Crippen LogP contribution in [0.5, 0.6) is 5.75 Å². The smallest absolute Gasteiger partial charge is 0.254 e. The van der Waals surface area contributed by atoms with Gasteiger partial charge in [-0.25, -0.2) is 0 Å². The average molecular weight is 262 g/mol. The predicted octanol–water partition coefficient (Wildman–Crippen LogP) is 2.04. The molecule has 0 unspecified atom stereocenters. The SMILES string of the molecule is CCOc1ccc(C(=O)N(CCCN)C2CC2)cc1. The van der Waals surface area contributed by atoms with E-state index < -0.39 is 0 Å². The van der Waals surface area contributed by atoms with Crippen molar-refractivity contribution < 1.29 is 9.53 Å². The number of carbonyl (C=O) groups excluding carboxylic acids is 1. The van der Waals surface area contributed by atoms with Crippen LogP contribution in [0.25, 0.3) is 0 Å². The maximum absolute atomic E-state index is 12.4. The average Bonchev–Trinajstić information content (AvgIpc) is 3.25. The largest absolute Gasteiger partial charge is 0.494 e. The highest BCUT2D eigenvalue weighted by molar-refractivity contribution is 5.94. The lowest BCUT2D eigenvalue weighted by Gasteiger charge is -2.22. The number of rotatable bonds is 7. The van der Waals surface area contributed by atoms with Crippen molar-refractivity contribution in [3.63, 3.8) is 0 Å². The van der Waals surface area contributed by atoms with E-state index in [1.165, 1.54) is 0 Å². The fourth-order valence-corrected chi connectivity index (χ4v) is 2.12. The summed E-state index contributed by atoms with van der Waals surface area (Å²) < 4.78 is 5.38. The molecular weight excluding hydrogens is 240 g/mol. The molecular formula is C15H22N2O2. The second kappa shape index (κ2) is 6.57. The van der Waals surface area contributed by atoms with Crippen LogP contribution < -0.4 is 10.5 Å². The molecule has 0 bridgehead atoms. The summed E-state index contributed by atoms with van der Waals surface area (Å²) in [4.78, 5) is 14.4. The Kier molecular flexibility index (Phi) is 4.80. The van der Waals surface area contributed by atoms with Crippen LogP contribution in [0.4, 0.5) is 0 Å². The van der Waals surface area contributed by atoms with Crippen LogP contribution in [0.3, 0.4) is 0 Å². The van der Waals surface area contributed by atoms with Gasteiger partial charge in [0.25, 0.3) is 5.91 Å². The van der Waals surface area contributed by atoms with Crippen LogP contribution in [-0.2, 0) is 0 Å². The van der Waals surface area contributed by atoms with Gasteiger partial charge in [0.05, 0.1) is 6.61 Å². The number of hydrogen-bond acceptors (Lipinski definition) is 3. The topological polar surface area (TPSA) is 55.6 Å². The van der Waals surface area contributed by atoms with Gasteiger partial charge in [0, 0.05) is 18.2 Å². The number of ether oxygens (including phenoxy) is 1. The van der Waals surface area contributed by atoms with Crippen molar-refractivity contribution in [2.24, 2.45) is 5.73 Å². The molecule has 2 N–H and O–H groups in total. The van der Waals surface area contributed by atoms with E-state index in [9.17, 15) is 4.79 Å². The summed E-state index contributed by atoms with van der Waals surface area (Å²) in [6.45, 7) is 3.96. The zero-order chi connectivity index (χ0) is 13.7. The Labute approximate surface area is 114 Å². The first-order valence-corrected chi connectivity index (χ1v) is 7.00. The van der Waals surface area contributed by atoms with Crippen molar-refractivity contribution in [2.45, 2.75) is 32.2 Å². The van der Waals surface area contributed by atoms with Gasteiger partial charge in [-0.15, -0.1) is 0 Å². The quantitative estimate of drug-likeness (QED) is 0.818. The van der Waals surface area contributed by atoms with Gasteiger partial charge in [0.2, 0.25) is 0 Å². The molecule has 0 radical (unpaired) electrons. The van der Waals surface area contributed by atoms with Crippen LogP contribution >= 0.6 is 0 Å². The normalized spacial score (nSPS) is 14.2. The van der Waals surface area contributed by atoms with Gasteiger partial charge in [-0.3, -0.25) is 4.79 Å². The Hall–Kier alpha value is -1.55. The molecule has 1 fully saturated rings. The van der Waals surface area contributed by atoms with E-state index in [1.807, 2.05) is 36.1 Å². The highest BCUT2D eigenvalue weighted by Gasteiger charge is 2.32. The Balaban J connectivity index is 2.03. The highest BCUT2D eigenvalue weighted by Crippen LogP contribution is 2.28. The predicted molar refractivity (Wildman–Crippen MR) is 75.3 cm³/mol. The van der Waals surface area contributed by atoms with Crippen molar-refractivity contribution in [3.05, 3.63) is 29.8 Å². The lowest BCUT2D eigenvalue weighted by atomic mass is 10.2. The first-order chi connectivity index (χ1) is 9.26. The van der Waals surface area contributed by atoms with Gasteiger partial charge in [-0.2, -0.15) is 0 Å².